The number of carbonyl (C=O) groups excluding carboxylic acids is 1. The Morgan fingerprint density at radius 2 is 2.06 bits per heavy atom. The third kappa shape index (κ3) is 7.54. The molecule has 8 heteroatoms. The first-order valence-electron chi connectivity index (χ1n) is 5.45. The Bertz CT molecular complexity index is 328. The molecule has 0 spiro atoms. The van der Waals surface area contributed by atoms with Crippen molar-refractivity contribution in [3.05, 3.63) is 0 Å². The van der Waals surface area contributed by atoms with Gasteiger partial charge in [-0.05, 0) is 19.4 Å². The Labute approximate surface area is 108 Å². The molecule has 0 unspecified atom stereocenters. The van der Waals surface area contributed by atoms with Crippen molar-refractivity contribution in [1.29, 1.82) is 0 Å². The molecule has 17 heavy (non-hydrogen) atoms. The topological polar surface area (TPSA) is 87.3 Å². The van der Waals surface area contributed by atoms with Crippen LogP contribution in [0.4, 0.5) is 0 Å². The third-order valence-electron chi connectivity index (χ3n) is 2.42. The van der Waals surface area contributed by atoms with E-state index in [0.717, 1.165) is 32.1 Å². The van der Waals surface area contributed by atoms with E-state index in [1.165, 1.54) is 0 Å². The second kappa shape index (κ2) is 7.86. The number of piperidine rings is 1. The Morgan fingerprint density at radius 3 is 2.59 bits per heavy atom. The Balaban J connectivity index is 0.00000256. The van der Waals surface area contributed by atoms with Crippen molar-refractivity contribution in [1.82, 2.24) is 15.4 Å². The molecule has 0 saturated carbocycles. The normalized spacial score (nSPS) is 20.4. The fourth-order valence-electron chi connectivity index (χ4n) is 1.62. The predicted octanol–water partition coefficient (Wildman–Crippen LogP) is -0.784. The molecular formula is C9H20ClN3O3S. The van der Waals surface area contributed by atoms with E-state index >= 15 is 0 Å². The minimum Gasteiger partial charge on any atom is -0.353 e. The van der Waals surface area contributed by atoms with Gasteiger partial charge >= 0.3 is 0 Å². The van der Waals surface area contributed by atoms with E-state index in [9.17, 15) is 13.2 Å². The first-order valence-corrected chi connectivity index (χ1v) is 7.34. The lowest BCUT2D eigenvalue weighted by Crippen LogP contribution is -2.48. The summed E-state index contributed by atoms with van der Waals surface area (Å²) in [6, 6.07) is -0.119. The fourth-order valence-corrected chi connectivity index (χ4v) is 2.09. The van der Waals surface area contributed by atoms with Gasteiger partial charge in [-0.25, -0.2) is 13.1 Å². The summed E-state index contributed by atoms with van der Waals surface area (Å²) in [5.74, 6) is -0.0463. The van der Waals surface area contributed by atoms with Crippen molar-refractivity contribution in [2.45, 2.75) is 25.3 Å². The standard InChI is InChI=1S/C9H19N3O3S.ClH/c1-16(14,15)12-7-6-11-9(13)8-4-2-3-5-10-8;/h8,10,12H,2-7H2,1H3,(H,11,13);1H/t8-;/m1./s1. The summed E-state index contributed by atoms with van der Waals surface area (Å²) in [4.78, 5) is 11.6. The van der Waals surface area contributed by atoms with Crippen LogP contribution in [0.15, 0.2) is 0 Å². The largest absolute Gasteiger partial charge is 0.353 e. The zero-order valence-corrected chi connectivity index (χ0v) is 11.5. The molecule has 1 aliphatic rings. The summed E-state index contributed by atoms with van der Waals surface area (Å²) in [5, 5.41) is 5.82. The maximum atomic E-state index is 11.6. The molecular weight excluding hydrogens is 266 g/mol. The highest BCUT2D eigenvalue weighted by Gasteiger charge is 2.19. The van der Waals surface area contributed by atoms with Gasteiger partial charge in [0.15, 0.2) is 0 Å². The van der Waals surface area contributed by atoms with Crippen LogP contribution < -0.4 is 15.4 Å². The van der Waals surface area contributed by atoms with Gasteiger partial charge in [-0.3, -0.25) is 4.79 Å². The molecule has 1 aliphatic heterocycles. The van der Waals surface area contributed by atoms with Crippen LogP contribution in [0.5, 0.6) is 0 Å². The maximum absolute atomic E-state index is 11.6. The molecule has 0 bridgehead atoms. The van der Waals surface area contributed by atoms with E-state index in [-0.39, 0.29) is 30.9 Å². The lowest BCUT2D eigenvalue weighted by atomic mass is 10.0. The second-order valence-corrected chi connectivity index (χ2v) is 5.79. The van der Waals surface area contributed by atoms with Crippen LogP contribution in [0.3, 0.4) is 0 Å². The molecule has 102 valence electrons. The third-order valence-corrected chi connectivity index (χ3v) is 3.14. The van der Waals surface area contributed by atoms with Crippen molar-refractivity contribution >= 4 is 28.3 Å². The van der Waals surface area contributed by atoms with Crippen molar-refractivity contribution in [3.63, 3.8) is 0 Å². The lowest BCUT2D eigenvalue weighted by molar-refractivity contribution is -0.123. The number of hydrogen-bond acceptors (Lipinski definition) is 4. The highest BCUT2D eigenvalue weighted by molar-refractivity contribution is 7.88. The van der Waals surface area contributed by atoms with E-state index in [1.54, 1.807) is 0 Å². The van der Waals surface area contributed by atoms with Gasteiger partial charge in [0.05, 0.1) is 12.3 Å². The first kappa shape index (κ1) is 16.6. The first-order chi connectivity index (χ1) is 7.49. The molecule has 1 atom stereocenters. The van der Waals surface area contributed by atoms with Crippen LogP contribution in [-0.4, -0.2) is 46.3 Å². The molecule has 0 aromatic carbocycles. The molecule has 1 rings (SSSR count). The summed E-state index contributed by atoms with van der Waals surface area (Å²) in [7, 11) is -3.16. The van der Waals surface area contributed by atoms with Gasteiger partial charge in [0.1, 0.15) is 0 Å². The van der Waals surface area contributed by atoms with Gasteiger partial charge in [0.25, 0.3) is 0 Å². The highest BCUT2D eigenvalue weighted by Crippen LogP contribution is 2.06. The zero-order chi connectivity index (χ0) is 12.0. The minimum atomic E-state index is -3.16. The van der Waals surface area contributed by atoms with Crippen LogP contribution in [0.1, 0.15) is 19.3 Å². The number of rotatable bonds is 5. The smallest absolute Gasteiger partial charge is 0.237 e. The average Bonchev–Trinajstić information content (AvgIpc) is 2.24. The van der Waals surface area contributed by atoms with Crippen LogP contribution in [0.2, 0.25) is 0 Å². The maximum Gasteiger partial charge on any atom is 0.237 e. The molecule has 3 N–H and O–H groups in total. The van der Waals surface area contributed by atoms with Gasteiger partial charge in [0, 0.05) is 13.1 Å². The SMILES string of the molecule is CS(=O)(=O)NCCNC(=O)[C@H]1CCCCN1.Cl. The van der Waals surface area contributed by atoms with E-state index in [2.05, 4.69) is 15.4 Å². The Kier molecular flexibility index (Phi) is 7.69. The van der Waals surface area contributed by atoms with E-state index in [1.807, 2.05) is 0 Å². The summed E-state index contributed by atoms with van der Waals surface area (Å²) in [6.45, 7) is 1.43. The molecule has 6 nitrogen and oxygen atoms in total. The van der Waals surface area contributed by atoms with Crippen molar-refractivity contribution in [2.75, 3.05) is 25.9 Å². The number of hydrogen-bond donors (Lipinski definition) is 3. The van der Waals surface area contributed by atoms with E-state index in [0.29, 0.717) is 6.54 Å². The molecule has 0 aromatic heterocycles. The molecule has 1 fully saturated rings. The monoisotopic (exact) mass is 285 g/mol. The molecule has 0 radical (unpaired) electrons. The van der Waals surface area contributed by atoms with E-state index < -0.39 is 10.0 Å². The van der Waals surface area contributed by atoms with Crippen molar-refractivity contribution in [3.8, 4) is 0 Å². The van der Waals surface area contributed by atoms with Crippen LogP contribution in [0, 0.1) is 0 Å². The fraction of sp³-hybridized carbons (Fsp3) is 0.889. The second-order valence-electron chi connectivity index (χ2n) is 3.96. The highest BCUT2D eigenvalue weighted by atomic mass is 35.5. The number of halogens is 1. The molecule has 0 aromatic rings. The molecule has 1 heterocycles. The quantitative estimate of drug-likeness (QED) is 0.578. The number of nitrogens with one attached hydrogen (secondary N) is 3. The van der Waals surface area contributed by atoms with E-state index in [4.69, 9.17) is 0 Å². The number of sulfonamides is 1. The van der Waals surface area contributed by atoms with Crippen LogP contribution >= 0.6 is 12.4 Å². The molecule has 0 aliphatic carbocycles. The summed E-state index contributed by atoms with van der Waals surface area (Å²) >= 11 is 0. The Morgan fingerprint density at radius 1 is 1.35 bits per heavy atom. The van der Waals surface area contributed by atoms with Crippen molar-refractivity contribution in [2.24, 2.45) is 0 Å². The number of amides is 1. The lowest BCUT2D eigenvalue weighted by Gasteiger charge is -2.22. The summed E-state index contributed by atoms with van der Waals surface area (Å²) in [6.07, 6.45) is 4.12. The molecule has 1 saturated heterocycles. The zero-order valence-electron chi connectivity index (χ0n) is 9.86. The van der Waals surface area contributed by atoms with Gasteiger partial charge in [-0.15, -0.1) is 12.4 Å². The summed E-state index contributed by atoms with van der Waals surface area (Å²) < 4.78 is 23.8. The Hall–Kier alpha value is -0.370. The average molecular weight is 286 g/mol. The predicted molar refractivity (Wildman–Crippen MR) is 68.7 cm³/mol. The minimum absolute atomic E-state index is 0. The van der Waals surface area contributed by atoms with Gasteiger partial charge in [0.2, 0.25) is 15.9 Å². The number of carbonyl (C=O) groups is 1. The van der Waals surface area contributed by atoms with Gasteiger partial charge in [-0.1, -0.05) is 6.42 Å². The van der Waals surface area contributed by atoms with Gasteiger partial charge in [-0.2, -0.15) is 0 Å². The molecule has 1 amide bonds. The van der Waals surface area contributed by atoms with Gasteiger partial charge < -0.3 is 10.6 Å². The van der Waals surface area contributed by atoms with Crippen LogP contribution in [-0.2, 0) is 14.8 Å². The summed E-state index contributed by atoms with van der Waals surface area (Å²) in [5.41, 5.74) is 0. The van der Waals surface area contributed by atoms with Crippen LogP contribution in [0.25, 0.3) is 0 Å². The van der Waals surface area contributed by atoms with Crippen molar-refractivity contribution < 1.29 is 13.2 Å².